The van der Waals surface area contributed by atoms with Gasteiger partial charge in [0.2, 0.25) is 6.41 Å². The standard InChI is InChI=1S/C12H16N2O3S/c1-3-17-12(16)10-8-4-5-14(7-15)6-9(8)18-11(10)13-2/h7,13H,3-6H2,1-2H3. The zero-order chi connectivity index (χ0) is 13.1. The molecule has 6 heteroatoms. The number of thiophene rings is 1. The van der Waals surface area contributed by atoms with Gasteiger partial charge in [0, 0.05) is 18.5 Å². The van der Waals surface area contributed by atoms with E-state index in [1.807, 2.05) is 0 Å². The van der Waals surface area contributed by atoms with Crippen LogP contribution in [0.25, 0.3) is 0 Å². The number of hydrogen-bond acceptors (Lipinski definition) is 5. The molecule has 0 spiro atoms. The van der Waals surface area contributed by atoms with E-state index in [9.17, 15) is 9.59 Å². The zero-order valence-electron chi connectivity index (χ0n) is 10.5. The quantitative estimate of drug-likeness (QED) is 0.664. The third-order valence-corrected chi connectivity index (χ3v) is 4.18. The smallest absolute Gasteiger partial charge is 0.341 e. The number of hydrogen-bond donors (Lipinski definition) is 1. The Labute approximate surface area is 110 Å². The molecule has 2 heterocycles. The highest BCUT2D eigenvalue weighted by atomic mass is 32.1. The Balaban J connectivity index is 2.37. The number of carbonyl (C=O) groups excluding carboxylic acids is 2. The first kappa shape index (κ1) is 12.9. The van der Waals surface area contributed by atoms with Gasteiger partial charge in [-0.15, -0.1) is 11.3 Å². The highest BCUT2D eigenvalue weighted by molar-refractivity contribution is 7.16. The molecule has 1 aliphatic rings. The van der Waals surface area contributed by atoms with Crippen LogP contribution in [0.2, 0.25) is 0 Å². The molecule has 5 nitrogen and oxygen atoms in total. The maximum atomic E-state index is 12.0. The fourth-order valence-electron chi connectivity index (χ4n) is 2.11. The highest BCUT2D eigenvalue weighted by Gasteiger charge is 2.27. The van der Waals surface area contributed by atoms with Crippen molar-refractivity contribution in [3.63, 3.8) is 0 Å². The van der Waals surface area contributed by atoms with Crippen LogP contribution < -0.4 is 5.32 Å². The fourth-order valence-corrected chi connectivity index (χ4v) is 3.32. The van der Waals surface area contributed by atoms with Crippen molar-refractivity contribution in [1.29, 1.82) is 0 Å². The summed E-state index contributed by atoms with van der Waals surface area (Å²) >= 11 is 1.52. The lowest BCUT2D eigenvalue weighted by atomic mass is 10.0. The van der Waals surface area contributed by atoms with Crippen LogP contribution in [0.15, 0.2) is 0 Å². The van der Waals surface area contributed by atoms with Crippen molar-refractivity contribution in [1.82, 2.24) is 4.90 Å². The van der Waals surface area contributed by atoms with E-state index in [0.717, 1.165) is 21.9 Å². The second-order valence-electron chi connectivity index (χ2n) is 4.00. The molecule has 1 N–H and O–H groups in total. The molecule has 0 aromatic carbocycles. The molecule has 0 atom stereocenters. The first-order valence-electron chi connectivity index (χ1n) is 5.90. The summed E-state index contributed by atoms with van der Waals surface area (Å²) in [7, 11) is 1.79. The lowest BCUT2D eigenvalue weighted by Gasteiger charge is -2.22. The van der Waals surface area contributed by atoms with Crippen LogP contribution >= 0.6 is 11.3 Å². The summed E-state index contributed by atoms with van der Waals surface area (Å²) in [4.78, 5) is 25.5. The molecule has 0 radical (unpaired) electrons. The predicted octanol–water partition coefficient (Wildman–Crippen LogP) is 1.48. The number of nitrogens with zero attached hydrogens (tertiary/aromatic N) is 1. The molecule has 0 saturated carbocycles. The normalized spacial score (nSPS) is 14.0. The molecule has 2 rings (SSSR count). The summed E-state index contributed by atoms with van der Waals surface area (Å²) in [6, 6.07) is 0. The van der Waals surface area contributed by atoms with Crippen LogP contribution in [0.4, 0.5) is 5.00 Å². The van der Waals surface area contributed by atoms with Crippen LogP contribution in [-0.2, 0) is 22.5 Å². The number of amides is 1. The van der Waals surface area contributed by atoms with Crippen molar-refractivity contribution in [3.05, 3.63) is 16.0 Å². The Morgan fingerprint density at radius 1 is 1.61 bits per heavy atom. The van der Waals surface area contributed by atoms with Gasteiger partial charge in [0.05, 0.1) is 18.7 Å². The maximum Gasteiger partial charge on any atom is 0.341 e. The first-order chi connectivity index (χ1) is 8.71. The largest absolute Gasteiger partial charge is 0.462 e. The molecule has 0 fully saturated rings. The minimum atomic E-state index is -0.279. The van der Waals surface area contributed by atoms with Crippen LogP contribution in [-0.4, -0.2) is 37.5 Å². The fraction of sp³-hybridized carbons (Fsp3) is 0.500. The van der Waals surface area contributed by atoms with E-state index >= 15 is 0 Å². The molecule has 1 amide bonds. The SMILES string of the molecule is CCOC(=O)c1c(NC)sc2c1CCN(C=O)C2. The van der Waals surface area contributed by atoms with Gasteiger partial charge in [0.1, 0.15) is 5.00 Å². The van der Waals surface area contributed by atoms with Gasteiger partial charge in [0.25, 0.3) is 0 Å². The lowest BCUT2D eigenvalue weighted by Crippen LogP contribution is -2.28. The Morgan fingerprint density at radius 2 is 2.39 bits per heavy atom. The summed E-state index contributed by atoms with van der Waals surface area (Å²) < 4.78 is 5.09. The van der Waals surface area contributed by atoms with Crippen molar-refractivity contribution in [2.75, 3.05) is 25.5 Å². The molecule has 0 aliphatic carbocycles. The second-order valence-corrected chi connectivity index (χ2v) is 5.11. The van der Waals surface area contributed by atoms with E-state index in [1.165, 1.54) is 11.3 Å². The van der Waals surface area contributed by atoms with Crippen molar-refractivity contribution < 1.29 is 14.3 Å². The molecule has 98 valence electrons. The second kappa shape index (κ2) is 5.39. The number of ether oxygens (including phenoxy) is 1. The average Bonchev–Trinajstić information content (AvgIpc) is 2.76. The summed E-state index contributed by atoms with van der Waals surface area (Å²) in [5.74, 6) is -0.279. The van der Waals surface area contributed by atoms with Gasteiger partial charge in [-0.3, -0.25) is 4.79 Å². The minimum absolute atomic E-state index is 0.279. The number of esters is 1. The lowest BCUT2D eigenvalue weighted by molar-refractivity contribution is -0.118. The average molecular weight is 268 g/mol. The number of anilines is 1. The molecule has 0 unspecified atom stereocenters. The summed E-state index contributed by atoms with van der Waals surface area (Å²) in [5, 5.41) is 3.86. The van der Waals surface area contributed by atoms with Gasteiger partial charge in [0.15, 0.2) is 0 Å². The van der Waals surface area contributed by atoms with E-state index in [1.54, 1.807) is 18.9 Å². The van der Waals surface area contributed by atoms with E-state index in [4.69, 9.17) is 4.74 Å². The first-order valence-corrected chi connectivity index (χ1v) is 6.71. The number of carbonyl (C=O) groups is 2. The predicted molar refractivity (Wildman–Crippen MR) is 70.0 cm³/mol. The van der Waals surface area contributed by atoms with E-state index in [2.05, 4.69) is 5.32 Å². The van der Waals surface area contributed by atoms with Crippen molar-refractivity contribution in [2.24, 2.45) is 0 Å². The Bertz CT molecular complexity index is 470. The molecule has 1 aromatic rings. The molecule has 0 bridgehead atoms. The van der Waals surface area contributed by atoms with Crippen LogP contribution in [0.5, 0.6) is 0 Å². The zero-order valence-corrected chi connectivity index (χ0v) is 11.3. The van der Waals surface area contributed by atoms with Gasteiger partial charge < -0.3 is 15.0 Å². The molecule has 1 aromatic heterocycles. The van der Waals surface area contributed by atoms with Gasteiger partial charge in [-0.1, -0.05) is 0 Å². The van der Waals surface area contributed by atoms with E-state index < -0.39 is 0 Å². The number of nitrogens with one attached hydrogen (secondary N) is 1. The molecular formula is C12H16N2O3S. The summed E-state index contributed by atoms with van der Waals surface area (Å²) in [6.45, 7) is 3.40. The summed E-state index contributed by atoms with van der Waals surface area (Å²) in [5.41, 5.74) is 1.67. The molecule has 18 heavy (non-hydrogen) atoms. The Hall–Kier alpha value is -1.56. The maximum absolute atomic E-state index is 12.0. The third-order valence-electron chi connectivity index (χ3n) is 2.94. The molecule has 1 aliphatic heterocycles. The van der Waals surface area contributed by atoms with Crippen molar-refractivity contribution >= 4 is 28.7 Å². The Kier molecular flexibility index (Phi) is 3.86. The van der Waals surface area contributed by atoms with E-state index in [-0.39, 0.29) is 5.97 Å². The monoisotopic (exact) mass is 268 g/mol. The highest BCUT2D eigenvalue weighted by Crippen LogP contribution is 2.36. The van der Waals surface area contributed by atoms with Crippen LogP contribution in [0, 0.1) is 0 Å². The van der Waals surface area contributed by atoms with Gasteiger partial charge in [-0.05, 0) is 18.9 Å². The number of fused-ring (bicyclic) bond motifs is 1. The van der Waals surface area contributed by atoms with Crippen molar-refractivity contribution in [2.45, 2.75) is 19.9 Å². The Morgan fingerprint density at radius 3 is 3.00 bits per heavy atom. The van der Waals surface area contributed by atoms with Gasteiger partial charge >= 0.3 is 5.97 Å². The third kappa shape index (κ3) is 2.20. The van der Waals surface area contributed by atoms with Crippen LogP contribution in [0.1, 0.15) is 27.7 Å². The molecular weight excluding hydrogens is 252 g/mol. The van der Waals surface area contributed by atoms with Gasteiger partial charge in [-0.25, -0.2) is 4.79 Å². The topological polar surface area (TPSA) is 58.6 Å². The number of rotatable bonds is 4. The van der Waals surface area contributed by atoms with E-state index in [0.29, 0.717) is 31.7 Å². The molecule has 0 saturated heterocycles. The summed E-state index contributed by atoms with van der Waals surface area (Å²) in [6.07, 6.45) is 1.56. The van der Waals surface area contributed by atoms with Gasteiger partial charge in [-0.2, -0.15) is 0 Å². The van der Waals surface area contributed by atoms with Crippen molar-refractivity contribution in [3.8, 4) is 0 Å². The minimum Gasteiger partial charge on any atom is -0.462 e. The van der Waals surface area contributed by atoms with Crippen LogP contribution in [0.3, 0.4) is 0 Å².